The molecule has 2 rings (SSSR count). The molecule has 0 saturated carbocycles. The highest BCUT2D eigenvalue weighted by Crippen LogP contribution is 2.39. The third-order valence-corrected chi connectivity index (χ3v) is 3.76. The Kier molecular flexibility index (Phi) is 2.28. The molecule has 2 atom stereocenters. The standard InChI is InChI=1S/C10H9ClOS/c11-10(9-5-3-7-13-9)6-2-1-4-8(10)12/h1-8,12H. The number of allylic oxidation sites excluding steroid dienone is 2. The number of hydrogen-bond donors (Lipinski definition) is 1. The van der Waals surface area contributed by atoms with Crippen LogP contribution in [-0.2, 0) is 4.87 Å². The van der Waals surface area contributed by atoms with Gasteiger partial charge in [-0.25, -0.2) is 0 Å². The van der Waals surface area contributed by atoms with Crippen LogP contribution in [-0.4, -0.2) is 11.2 Å². The van der Waals surface area contributed by atoms with Crippen molar-refractivity contribution in [2.75, 3.05) is 0 Å². The first-order chi connectivity index (χ1) is 6.23. The van der Waals surface area contributed by atoms with Crippen molar-refractivity contribution >= 4 is 22.9 Å². The number of rotatable bonds is 1. The maximum Gasteiger partial charge on any atom is 0.126 e. The Bertz CT molecular complexity index is 342. The van der Waals surface area contributed by atoms with E-state index in [4.69, 9.17) is 11.6 Å². The van der Waals surface area contributed by atoms with Crippen LogP contribution in [0.2, 0.25) is 0 Å². The minimum absolute atomic E-state index is 0.641. The van der Waals surface area contributed by atoms with Gasteiger partial charge in [0.2, 0.25) is 0 Å². The molecule has 13 heavy (non-hydrogen) atoms. The maximum atomic E-state index is 9.74. The van der Waals surface area contributed by atoms with Gasteiger partial charge in [0.25, 0.3) is 0 Å². The molecule has 68 valence electrons. The highest BCUT2D eigenvalue weighted by molar-refractivity contribution is 7.10. The Hall–Kier alpha value is -0.570. The van der Waals surface area contributed by atoms with Crippen molar-refractivity contribution in [1.29, 1.82) is 0 Å². The number of hydrogen-bond acceptors (Lipinski definition) is 2. The molecular formula is C10H9ClOS. The van der Waals surface area contributed by atoms with Crippen LogP contribution in [0.25, 0.3) is 0 Å². The number of alkyl halides is 1. The van der Waals surface area contributed by atoms with Crippen LogP contribution < -0.4 is 0 Å². The summed E-state index contributed by atoms with van der Waals surface area (Å²) in [6, 6.07) is 3.87. The molecule has 3 heteroatoms. The van der Waals surface area contributed by atoms with Crippen molar-refractivity contribution in [3.05, 3.63) is 46.7 Å². The molecule has 0 radical (unpaired) electrons. The Morgan fingerprint density at radius 2 is 2.31 bits per heavy atom. The normalized spacial score (nSPS) is 32.3. The minimum atomic E-state index is -0.761. The first-order valence-corrected chi connectivity index (χ1v) is 5.26. The molecule has 0 spiro atoms. The monoisotopic (exact) mass is 212 g/mol. The van der Waals surface area contributed by atoms with E-state index in [1.165, 1.54) is 0 Å². The summed E-state index contributed by atoms with van der Waals surface area (Å²) in [5.74, 6) is 0. The summed E-state index contributed by atoms with van der Waals surface area (Å²) in [4.78, 5) is 0.213. The number of aliphatic hydroxyl groups is 1. The summed E-state index contributed by atoms with van der Waals surface area (Å²) >= 11 is 7.87. The van der Waals surface area contributed by atoms with E-state index in [2.05, 4.69) is 0 Å². The molecule has 1 aromatic rings. The molecule has 0 bridgehead atoms. The van der Waals surface area contributed by atoms with Crippen molar-refractivity contribution in [3.63, 3.8) is 0 Å². The molecule has 0 fully saturated rings. The molecule has 1 N–H and O–H groups in total. The fraction of sp³-hybridized carbons (Fsp3) is 0.200. The largest absolute Gasteiger partial charge is 0.386 e. The van der Waals surface area contributed by atoms with Gasteiger partial charge in [-0.15, -0.1) is 22.9 Å². The van der Waals surface area contributed by atoms with Crippen LogP contribution >= 0.6 is 22.9 Å². The molecule has 0 aromatic carbocycles. The predicted molar refractivity (Wildman–Crippen MR) is 56.1 cm³/mol. The van der Waals surface area contributed by atoms with E-state index >= 15 is 0 Å². The van der Waals surface area contributed by atoms with Gasteiger partial charge in [-0.1, -0.05) is 30.4 Å². The molecule has 1 nitrogen and oxygen atoms in total. The Morgan fingerprint density at radius 3 is 2.92 bits per heavy atom. The van der Waals surface area contributed by atoms with Crippen LogP contribution in [0.4, 0.5) is 0 Å². The lowest BCUT2D eigenvalue weighted by Gasteiger charge is -2.27. The van der Waals surface area contributed by atoms with Crippen molar-refractivity contribution in [2.24, 2.45) is 0 Å². The third-order valence-electron chi connectivity index (χ3n) is 2.07. The molecule has 1 aliphatic carbocycles. The van der Waals surface area contributed by atoms with Gasteiger partial charge in [-0.2, -0.15) is 0 Å². The number of halogens is 1. The van der Waals surface area contributed by atoms with Gasteiger partial charge in [0.05, 0.1) is 0 Å². The lowest BCUT2D eigenvalue weighted by atomic mass is 9.95. The van der Waals surface area contributed by atoms with Crippen LogP contribution in [0.5, 0.6) is 0 Å². The van der Waals surface area contributed by atoms with Crippen LogP contribution in [0.15, 0.2) is 41.8 Å². The molecule has 0 amide bonds. The zero-order chi connectivity index (χ0) is 9.31. The zero-order valence-corrected chi connectivity index (χ0v) is 8.42. The average molecular weight is 213 g/mol. The highest BCUT2D eigenvalue weighted by Gasteiger charge is 2.35. The SMILES string of the molecule is OC1C=CC=CC1(Cl)c1cccs1. The van der Waals surface area contributed by atoms with E-state index in [0.717, 1.165) is 4.88 Å². The Morgan fingerprint density at radius 1 is 1.46 bits per heavy atom. The van der Waals surface area contributed by atoms with Crippen LogP contribution in [0.3, 0.4) is 0 Å². The molecule has 1 aromatic heterocycles. The third kappa shape index (κ3) is 1.46. The zero-order valence-electron chi connectivity index (χ0n) is 6.85. The van der Waals surface area contributed by atoms with Gasteiger partial charge in [0, 0.05) is 4.88 Å². The molecule has 0 aliphatic heterocycles. The first-order valence-electron chi connectivity index (χ1n) is 4.00. The number of aliphatic hydroxyl groups excluding tert-OH is 1. The Balaban J connectivity index is 2.41. The quantitative estimate of drug-likeness (QED) is 0.710. The van der Waals surface area contributed by atoms with Gasteiger partial charge in [-0.3, -0.25) is 0 Å². The van der Waals surface area contributed by atoms with Crippen molar-refractivity contribution < 1.29 is 5.11 Å². The van der Waals surface area contributed by atoms with Gasteiger partial charge in [0.15, 0.2) is 0 Å². The Labute approximate surface area is 86.0 Å². The molecule has 1 aliphatic rings. The summed E-state index contributed by atoms with van der Waals surface area (Å²) in [6.07, 6.45) is 6.55. The van der Waals surface area contributed by atoms with E-state index in [9.17, 15) is 5.11 Å². The van der Waals surface area contributed by atoms with E-state index in [1.54, 1.807) is 23.5 Å². The summed E-state index contributed by atoms with van der Waals surface area (Å²) in [5.41, 5.74) is 0. The van der Waals surface area contributed by atoms with Crippen molar-refractivity contribution in [2.45, 2.75) is 11.0 Å². The van der Waals surface area contributed by atoms with Gasteiger partial charge >= 0.3 is 0 Å². The smallest absolute Gasteiger partial charge is 0.126 e. The second-order valence-electron chi connectivity index (χ2n) is 2.93. The predicted octanol–water partition coefficient (Wildman–Crippen LogP) is 2.67. The summed E-state index contributed by atoms with van der Waals surface area (Å²) in [5, 5.41) is 11.7. The highest BCUT2D eigenvalue weighted by atomic mass is 35.5. The lowest BCUT2D eigenvalue weighted by molar-refractivity contribution is 0.190. The topological polar surface area (TPSA) is 20.2 Å². The summed E-state index contributed by atoms with van der Waals surface area (Å²) in [7, 11) is 0. The fourth-order valence-corrected chi connectivity index (χ4v) is 2.50. The molecular weight excluding hydrogens is 204 g/mol. The van der Waals surface area contributed by atoms with Gasteiger partial charge < -0.3 is 5.11 Å². The average Bonchev–Trinajstić information content (AvgIpc) is 2.63. The van der Waals surface area contributed by atoms with Crippen LogP contribution in [0, 0.1) is 0 Å². The van der Waals surface area contributed by atoms with Gasteiger partial charge in [0.1, 0.15) is 11.0 Å². The van der Waals surface area contributed by atoms with Gasteiger partial charge in [-0.05, 0) is 11.4 Å². The second kappa shape index (κ2) is 3.29. The fourth-order valence-electron chi connectivity index (χ4n) is 1.33. The van der Waals surface area contributed by atoms with Crippen molar-refractivity contribution in [1.82, 2.24) is 0 Å². The summed E-state index contributed by atoms with van der Waals surface area (Å²) < 4.78 is 0. The minimum Gasteiger partial charge on any atom is -0.386 e. The van der Waals surface area contributed by atoms with E-state index < -0.39 is 11.0 Å². The van der Waals surface area contributed by atoms with E-state index in [0.29, 0.717) is 0 Å². The molecule has 1 heterocycles. The van der Waals surface area contributed by atoms with E-state index in [-0.39, 0.29) is 0 Å². The lowest BCUT2D eigenvalue weighted by Crippen LogP contribution is -2.31. The van der Waals surface area contributed by atoms with Crippen molar-refractivity contribution in [3.8, 4) is 0 Å². The molecule has 0 saturated heterocycles. The summed E-state index contributed by atoms with van der Waals surface area (Å²) in [6.45, 7) is 0. The molecule has 2 unspecified atom stereocenters. The second-order valence-corrected chi connectivity index (χ2v) is 4.51. The van der Waals surface area contributed by atoms with Crippen LogP contribution in [0.1, 0.15) is 4.88 Å². The van der Waals surface area contributed by atoms with E-state index in [1.807, 2.05) is 29.7 Å². The maximum absolute atomic E-state index is 9.74. The number of thiophene rings is 1. The first kappa shape index (κ1) is 9.00.